The van der Waals surface area contributed by atoms with E-state index < -0.39 is 0 Å². The van der Waals surface area contributed by atoms with Gasteiger partial charge in [0.15, 0.2) is 0 Å². The summed E-state index contributed by atoms with van der Waals surface area (Å²) < 4.78 is 0. The van der Waals surface area contributed by atoms with Gasteiger partial charge in [-0.3, -0.25) is 0 Å². The summed E-state index contributed by atoms with van der Waals surface area (Å²) in [6.45, 7) is 0. The molecule has 0 aliphatic heterocycles. The largest absolute Gasteiger partial charge is 0.0622 e. The van der Waals surface area contributed by atoms with Crippen molar-refractivity contribution in [1.29, 1.82) is 0 Å². The van der Waals surface area contributed by atoms with Crippen LogP contribution in [0.5, 0.6) is 0 Å². The van der Waals surface area contributed by atoms with Crippen LogP contribution in [0.15, 0.2) is 315 Å². The Kier molecular flexibility index (Phi) is 10.6. The van der Waals surface area contributed by atoms with Gasteiger partial charge < -0.3 is 0 Å². The van der Waals surface area contributed by atoms with E-state index >= 15 is 0 Å². The van der Waals surface area contributed by atoms with Gasteiger partial charge in [0, 0.05) is 0 Å². The molecule has 0 unspecified atom stereocenters. The molecule has 0 saturated carbocycles. The summed E-state index contributed by atoms with van der Waals surface area (Å²) in [6, 6.07) is 118. The lowest BCUT2D eigenvalue weighted by Crippen LogP contribution is -1.95. The molecule has 17 aromatic carbocycles. The van der Waals surface area contributed by atoms with Gasteiger partial charge in [-0.05, 0) is 198 Å². The van der Waals surface area contributed by atoms with Crippen molar-refractivity contribution in [3.05, 3.63) is 315 Å². The molecule has 0 heteroatoms. The third-order valence-electron chi connectivity index (χ3n) is 19.5. The highest BCUT2D eigenvalue weighted by Gasteiger charge is 2.36. The fourth-order valence-corrected chi connectivity index (χ4v) is 15.9. The molecule has 2 aliphatic rings. The summed E-state index contributed by atoms with van der Waals surface area (Å²) in [6.07, 6.45) is 0. The zero-order chi connectivity index (χ0) is 57.6. The SMILES string of the molecule is c1ccc(-c2ccc(-c3c4c(c(-c5ccccc5-c5ccccc5)c5ccccc35)-c3ccc5c6ccc7c8c(ccc(c9ccc-4c3c95)c86)-c3c-7c(-c4ccccc4-c4ccccc4)c4ccccc4c3-c3ccc(-c4ccccc4)cc3)cc2)cc1. The molecule has 0 aromatic heterocycles. The van der Waals surface area contributed by atoms with Crippen molar-refractivity contribution in [3.8, 4) is 134 Å². The first-order valence-corrected chi connectivity index (χ1v) is 30.7. The second-order valence-electron chi connectivity index (χ2n) is 23.9. The molecule has 404 valence electrons. The van der Waals surface area contributed by atoms with Gasteiger partial charge in [-0.2, -0.15) is 0 Å². The first-order valence-electron chi connectivity index (χ1n) is 30.7. The molecular formula is C88H52. The summed E-state index contributed by atoms with van der Waals surface area (Å²) >= 11 is 0. The van der Waals surface area contributed by atoms with E-state index in [1.807, 2.05) is 0 Å². The van der Waals surface area contributed by atoms with Gasteiger partial charge in [0.1, 0.15) is 0 Å². The number of benzene rings is 17. The normalized spacial score (nSPS) is 12.1. The van der Waals surface area contributed by atoms with Crippen molar-refractivity contribution < 1.29 is 0 Å². The van der Waals surface area contributed by atoms with Crippen LogP contribution in [0, 0.1) is 0 Å². The first kappa shape index (κ1) is 48.9. The zero-order valence-electron chi connectivity index (χ0n) is 48.0. The molecule has 0 spiro atoms. The van der Waals surface area contributed by atoms with Crippen LogP contribution >= 0.6 is 0 Å². The van der Waals surface area contributed by atoms with Gasteiger partial charge in [-0.25, -0.2) is 0 Å². The first-order chi connectivity index (χ1) is 43.7. The van der Waals surface area contributed by atoms with Crippen LogP contribution in [0.1, 0.15) is 0 Å². The van der Waals surface area contributed by atoms with E-state index in [1.54, 1.807) is 0 Å². The van der Waals surface area contributed by atoms with Gasteiger partial charge in [0.05, 0.1) is 0 Å². The van der Waals surface area contributed by atoms with E-state index in [2.05, 4.69) is 315 Å². The topological polar surface area (TPSA) is 0 Å². The van der Waals surface area contributed by atoms with Crippen molar-refractivity contribution >= 4 is 64.6 Å². The van der Waals surface area contributed by atoms with Crippen LogP contribution in [0.25, 0.3) is 198 Å². The van der Waals surface area contributed by atoms with Gasteiger partial charge in [-0.15, -0.1) is 0 Å². The second kappa shape index (κ2) is 19.0. The lowest BCUT2D eigenvalue weighted by Gasteiger charge is -2.22. The highest BCUT2D eigenvalue weighted by molar-refractivity contribution is 6.42. The molecule has 2 aliphatic carbocycles. The summed E-state index contributed by atoms with van der Waals surface area (Å²) in [5.74, 6) is 0. The van der Waals surface area contributed by atoms with Gasteiger partial charge >= 0.3 is 0 Å². The molecule has 0 bridgehead atoms. The molecule has 19 rings (SSSR count). The Hall–Kier alpha value is -11.4. The lowest BCUT2D eigenvalue weighted by molar-refractivity contribution is 1.58. The lowest BCUT2D eigenvalue weighted by atomic mass is 9.81. The number of hydrogen-bond donors (Lipinski definition) is 0. The standard InChI is InChI=1S/C88H52/c1-5-21-53(22-6-1)55-37-41-59(42-38-55)77-65-33-17-19-35-67(65)81(63-31-15-13-29-61(63)57-25-9-3-10-26-57)87-75-51-47-71-72-48-52-76-84-74(50-46-70(80(72)84)69-45-49-73(85(77)87)83(75)79(69)71)86-78(60-43-39-56(40-44-60)54-23-7-2-8-24-54)66-34-18-20-36-68(66)82(88(76)86)64-32-16-14-30-62(64)58-27-11-4-12-28-58/h1-52H. The maximum atomic E-state index is 2.48. The summed E-state index contributed by atoms with van der Waals surface area (Å²) in [7, 11) is 0. The summed E-state index contributed by atoms with van der Waals surface area (Å²) in [4.78, 5) is 0. The smallest absolute Gasteiger partial charge is 0.000718 e. The number of rotatable bonds is 8. The molecule has 0 atom stereocenters. The Morgan fingerprint density at radius 3 is 0.670 bits per heavy atom. The molecule has 0 saturated heterocycles. The molecule has 0 amide bonds. The van der Waals surface area contributed by atoms with E-state index in [0.717, 1.165) is 0 Å². The molecule has 0 nitrogen and oxygen atoms in total. The summed E-state index contributed by atoms with van der Waals surface area (Å²) in [5.41, 5.74) is 30.1. The van der Waals surface area contributed by atoms with Gasteiger partial charge in [0.2, 0.25) is 0 Å². The predicted molar refractivity (Wildman–Crippen MR) is 375 cm³/mol. The molecule has 0 N–H and O–H groups in total. The molecular weight excluding hydrogens is 1060 g/mol. The van der Waals surface area contributed by atoms with Crippen molar-refractivity contribution in [2.45, 2.75) is 0 Å². The van der Waals surface area contributed by atoms with Gasteiger partial charge in [0.25, 0.3) is 0 Å². The predicted octanol–water partition coefficient (Wildman–Crippen LogP) is 24.7. The van der Waals surface area contributed by atoms with E-state index in [9.17, 15) is 0 Å². The van der Waals surface area contributed by atoms with E-state index in [-0.39, 0.29) is 0 Å². The number of fused-ring (bicyclic) bond motifs is 10. The third kappa shape index (κ3) is 6.97. The quantitative estimate of drug-likeness (QED) is 0.105. The van der Waals surface area contributed by atoms with Crippen molar-refractivity contribution in [3.63, 3.8) is 0 Å². The maximum Gasteiger partial charge on any atom is -0.000718 e. The fourth-order valence-electron chi connectivity index (χ4n) is 15.9. The minimum atomic E-state index is 1.21. The summed E-state index contributed by atoms with van der Waals surface area (Å²) in [5, 5.41) is 15.5. The molecule has 0 heterocycles. The Morgan fingerprint density at radius 1 is 0.102 bits per heavy atom. The van der Waals surface area contributed by atoms with Crippen LogP contribution in [0.3, 0.4) is 0 Å². The molecule has 0 radical (unpaired) electrons. The second-order valence-corrected chi connectivity index (χ2v) is 23.9. The van der Waals surface area contributed by atoms with Crippen LogP contribution < -0.4 is 0 Å². The fraction of sp³-hybridized carbons (Fsp3) is 0. The van der Waals surface area contributed by atoms with Crippen LogP contribution in [0.2, 0.25) is 0 Å². The highest BCUT2D eigenvalue weighted by Crippen LogP contribution is 2.64. The highest BCUT2D eigenvalue weighted by atomic mass is 14.4. The minimum absolute atomic E-state index is 1.21. The Morgan fingerprint density at radius 2 is 0.341 bits per heavy atom. The van der Waals surface area contributed by atoms with E-state index in [0.29, 0.717) is 0 Å². The Bertz CT molecular complexity index is 5340. The van der Waals surface area contributed by atoms with Crippen LogP contribution in [-0.2, 0) is 0 Å². The zero-order valence-corrected chi connectivity index (χ0v) is 48.0. The molecule has 0 fully saturated rings. The van der Waals surface area contributed by atoms with Crippen molar-refractivity contribution in [2.75, 3.05) is 0 Å². The third-order valence-corrected chi connectivity index (χ3v) is 19.5. The van der Waals surface area contributed by atoms with Crippen LogP contribution in [0.4, 0.5) is 0 Å². The monoisotopic (exact) mass is 1110 g/mol. The molecule has 17 aromatic rings. The molecule has 88 heavy (non-hydrogen) atoms. The van der Waals surface area contributed by atoms with Crippen molar-refractivity contribution in [1.82, 2.24) is 0 Å². The maximum absolute atomic E-state index is 2.48. The van der Waals surface area contributed by atoms with Crippen LogP contribution in [-0.4, -0.2) is 0 Å². The van der Waals surface area contributed by atoms with E-state index in [4.69, 9.17) is 0 Å². The average Bonchev–Trinajstić information content (AvgIpc) is 1.50. The number of hydrogen-bond acceptors (Lipinski definition) is 0. The van der Waals surface area contributed by atoms with Gasteiger partial charge in [-0.1, -0.05) is 315 Å². The van der Waals surface area contributed by atoms with Crippen molar-refractivity contribution in [2.24, 2.45) is 0 Å². The Balaban J connectivity index is 0.900. The minimum Gasteiger partial charge on any atom is -0.0622 e. The average molecular weight is 1110 g/mol. The Labute approximate surface area is 510 Å². The van der Waals surface area contributed by atoms with E-state index in [1.165, 1.54) is 198 Å².